The maximum Gasteiger partial charge on any atom is 0.319 e. The predicted molar refractivity (Wildman–Crippen MR) is 87.2 cm³/mol. The molecule has 0 saturated carbocycles. The summed E-state index contributed by atoms with van der Waals surface area (Å²) in [5, 5.41) is 14.8. The molecule has 0 heterocycles. The van der Waals surface area contributed by atoms with Crippen molar-refractivity contribution in [2.24, 2.45) is 5.92 Å². The number of benzene rings is 1. The van der Waals surface area contributed by atoms with Crippen LogP contribution in [0, 0.1) is 12.8 Å². The van der Waals surface area contributed by atoms with Gasteiger partial charge in [0, 0.05) is 24.3 Å². The van der Waals surface area contributed by atoms with E-state index in [-0.39, 0.29) is 24.6 Å². The number of hydrogen-bond acceptors (Lipinski definition) is 3. The van der Waals surface area contributed by atoms with Crippen molar-refractivity contribution in [2.75, 3.05) is 18.5 Å². The zero-order valence-corrected chi connectivity index (χ0v) is 13.1. The summed E-state index contributed by atoms with van der Waals surface area (Å²) in [6, 6.07) is 5.36. The van der Waals surface area contributed by atoms with E-state index in [1.165, 1.54) is 0 Å². The Balaban J connectivity index is 1.87. The first kappa shape index (κ1) is 16.4. The minimum absolute atomic E-state index is 0.0235. The lowest BCUT2D eigenvalue weighted by Gasteiger charge is -2.15. The van der Waals surface area contributed by atoms with E-state index in [9.17, 15) is 4.79 Å². The number of amides is 2. The van der Waals surface area contributed by atoms with Crippen LogP contribution in [0.25, 0.3) is 0 Å². The number of anilines is 1. The number of nitrogens with one attached hydrogen (secondary N) is 2. The molecule has 2 rings (SSSR count). The highest BCUT2D eigenvalue weighted by Gasteiger charge is 2.19. The maximum atomic E-state index is 12.0. The van der Waals surface area contributed by atoms with Gasteiger partial charge in [0.1, 0.15) is 5.75 Å². The molecule has 0 unspecified atom stereocenters. The van der Waals surface area contributed by atoms with Crippen LogP contribution in [0.1, 0.15) is 25.3 Å². The van der Waals surface area contributed by atoms with Gasteiger partial charge in [-0.15, -0.1) is 0 Å². The quantitative estimate of drug-likeness (QED) is 0.708. The second kappa shape index (κ2) is 7.84. The molecule has 22 heavy (non-hydrogen) atoms. The van der Waals surface area contributed by atoms with Gasteiger partial charge in [-0.1, -0.05) is 19.1 Å². The van der Waals surface area contributed by atoms with E-state index < -0.39 is 0 Å². The third kappa shape index (κ3) is 4.49. The molecule has 1 aliphatic rings. The van der Waals surface area contributed by atoms with Crippen molar-refractivity contribution >= 4 is 11.7 Å². The van der Waals surface area contributed by atoms with E-state index in [1.807, 2.05) is 37.3 Å². The molecule has 5 nitrogen and oxygen atoms in total. The summed E-state index contributed by atoms with van der Waals surface area (Å²) in [5.74, 6) is 0.955. The van der Waals surface area contributed by atoms with Crippen LogP contribution in [0.5, 0.6) is 5.75 Å². The number of hydrogen-bond donors (Lipinski definition) is 3. The van der Waals surface area contributed by atoms with Crippen molar-refractivity contribution in [1.29, 1.82) is 0 Å². The summed E-state index contributed by atoms with van der Waals surface area (Å²) in [4.78, 5) is 12.0. The number of aliphatic hydroxyl groups is 1. The Hall–Kier alpha value is -2.01. The minimum Gasteiger partial charge on any atom is -0.494 e. The summed E-state index contributed by atoms with van der Waals surface area (Å²) >= 11 is 0. The molecular weight excluding hydrogens is 280 g/mol. The molecule has 120 valence electrons. The van der Waals surface area contributed by atoms with E-state index in [0.717, 1.165) is 29.8 Å². The first-order valence-corrected chi connectivity index (χ1v) is 7.72. The molecule has 2 atom stereocenters. The Kier molecular flexibility index (Phi) is 5.83. The summed E-state index contributed by atoms with van der Waals surface area (Å²) in [6.45, 7) is 4.80. The molecule has 2 amide bonds. The maximum absolute atomic E-state index is 12.0. The molecule has 1 aromatic carbocycles. The second-order valence-electron chi connectivity index (χ2n) is 5.59. The van der Waals surface area contributed by atoms with Gasteiger partial charge in [-0.05, 0) is 43.5 Å². The van der Waals surface area contributed by atoms with E-state index in [2.05, 4.69) is 17.6 Å². The molecule has 0 aliphatic heterocycles. The van der Waals surface area contributed by atoms with Crippen molar-refractivity contribution in [3.05, 3.63) is 35.9 Å². The highest BCUT2D eigenvalue weighted by molar-refractivity contribution is 5.90. The number of urea groups is 1. The van der Waals surface area contributed by atoms with Crippen LogP contribution in [0.2, 0.25) is 0 Å². The van der Waals surface area contributed by atoms with E-state index in [4.69, 9.17) is 9.84 Å². The molecule has 1 aromatic rings. The van der Waals surface area contributed by atoms with Crippen LogP contribution in [-0.2, 0) is 0 Å². The van der Waals surface area contributed by atoms with Crippen LogP contribution < -0.4 is 15.4 Å². The Morgan fingerprint density at radius 2 is 2.23 bits per heavy atom. The largest absolute Gasteiger partial charge is 0.494 e. The van der Waals surface area contributed by atoms with E-state index in [0.29, 0.717) is 6.61 Å². The standard InChI is InChI=1S/C17H24N2O3/c1-3-8-22-15-6-7-16(12(2)9-15)19-17(21)18-14-5-4-13(10-14)11-20/h4-7,9,13-14,20H,3,8,10-11H2,1-2H3,(H2,18,19,21)/t13-,14+/m0/s1. The fraction of sp³-hybridized carbons (Fsp3) is 0.471. The molecule has 0 bridgehead atoms. The highest BCUT2D eigenvalue weighted by atomic mass is 16.5. The molecule has 3 N–H and O–H groups in total. The molecule has 0 saturated heterocycles. The smallest absolute Gasteiger partial charge is 0.319 e. The first-order chi connectivity index (χ1) is 10.6. The average Bonchev–Trinajstić information content (AvgIpc) is 2.95. The first-order valence-electron chi connectivity index (χ1n) is 7.72. The van der Waals surface area contributed by atoms with Gasteiger partial charge >= 0.3 is 6.03 Å². The summed E-state index contributed by atoms with van der Waals surface area (Å²) < 4.78 is 5.57. The molecule has 1 aliphatic carbocycles. The summed E-state index contributed by atoms with van der Waals surface area (Å²) in [6.07, 6.45) is 5.57. The zero-order chi connectivity index (χ0) is 15.9. The molecule has 0 radical (unpaired) electrons. The number of aryl methyl sites for hydroxylation is 1. The fourth-order valence-electron chi connectivity index (χ4n) is 2.43. The monoisotopic (exact) mass is 304 g/mol. The van der Waals surface area contributed by atoms with Gasteiger partial charge in [0.15, 0.2) is 0 Å². The van der Waals surface area contributed by atoms with Crippen molar-refractivity contribution in [1.82, 2.24) is 5.32 Å². The third-order valence-electron chi connectivity index (χ3n) is 3.64. The van der Waals surface area contributed by atoms with Crippen LogP contribution >= 0.6 is 0 Å². The SMILES string of the molecule is CCCOc1ccc(NC(=O)N[C@@H]2C=C[C@H](CO)C2)c(C)c1. The summed E-state index contributed by atoms with van der Waals surface area (Å²) in [7, 11) is 0. The topological polar surface area (TPSA) is 70.6 Å². The van der Waals surface area contributed by atoms with Crippen molar-refractivity contribution in [3.63, 3.8) is 0 Å². The number of rotatable bonds is 6. The predicted octanol–water partition coefficient (Wildman–Crippen LogP) is 2.84. The van der Waals surface area contributed by atoms with Crippen LogP contribution in [0.4, 0.5) is 10.5 Å². The molecular formula is C17H24N2O3. The molecule has 5 heteroatoms. The van der Waals surface area contributed by atoms with E-state index in [1.54, 1.807) is 0 Å². The van der Waals surface area contributed by atoms with Crippen molar-refractivity contribution in [3.8, 4) is 5.75 Å². The number of carbonyl (C=O) groups is 1. The van der Waals surface area contributed by atoms with Gasteiger partial charge in [-0.25, -0.2) is 4.79 Å². The highest BCUT2D eigenvalue weighted by Crippen LogP contribution is 2.22. The molecule has 0 fully saturated rings. The van der Waals surface area contributed by atoms with Crippen LogP contribution in [0.15, 0.2) is 30.4 Å². The fourth-order valence-corrected chi connectivity index (χ4v) is 2.43. The lowest BCUT2D eigenvalue weighted by molar-refractivity contribution is 0.238. The number of carbonyl (C=O) groups excluding carboxylic acids is 1. The third-order valence-corrected chi connectivity index (χ3v) is 3.64. The van der Waals surface area contributed by atoms with Gasteiger partial charge in [0.05, 0.1) is 6.61 Å². The van der Waals surface area contributed by atoms with Crippen molar-refractivity contribution < 1.29 is 14.6 Å². The Morgan fingerprint density at radius 3 is 2.86 bits per heavy atom. The lowest BCUT2D eigenvalue weighted by atomic mass is 10.1. The second-order valence-corrected chi connectivity index (χ2v) is 5.59. The lowest BCUT2D eigenvalue weighted by Crippen LogP contribution is -2.36. The molecule has 0 spiro atoms. The Morgan fingerprint density at radius 1 is 1.41 bits per heavy atom. The average molecular weight is 304 g/mol. The van der Waals surface area contributed by atoms with Crippen LogP contribution in [0.3, 0.4) is 0 Å². The Bertz CT molecular complexity index is 543. The number of aliphatic hydroxyl groups excluding tert-OH is 1. The van der Waals surface area contributed by atoms with Gasteiger partial charge < -0.3 is 20.5 Å². The van der Waals surface area contributed by atoms with E-state index >= 15 is 0 Å². The number of ether oxygens (including phenoxy) is 1. The van der Waals surface area contributed by atoms with Crippen molar-refractivity contribution in [2.45, 2.75) is 32.7 Å². The van der Waals surface area contributed by atoms with Gasteiger partial charge in [0.25, 0.3) is 0 Å². The zero-order valence-electron chi connectivity index (χ0n) is 13.1. The normalized spacial score (nSPS) is 20.0. The van der Waals surface area contributed by atoms with Crippen LogP contribution in [-0.4, -0.2) is 30.4 Å². The van der Waals surface area contributed by atoms with Gasteiger partial charge in [-0.3, -0.25) is 0 Å². The van der Waals surface area contributed by atoms with Gasteiger partial charge in [-0.2, -0.15) is 0 Å². The Labute approximate surface area is 131 Å². The van der Waals surface area contributed by atoms with Gasteiger partial charge in [0.2, 0.25) is 0 Å². The summed E-state index contributed by atoms with van der Waals surface area (Å²) in [5.41, 5.74) is 1.72. The minimum atomic E-state index is -0.237. The molecule has 0 aromatic heterocycles.